The Morgan fingerprint density at radius 1 is 0.842 bits per heavy atom. The minimum absolute atomic E-state index is 0.656. The molecular weight excluding hydrogens is 232 g/mol. The van der Waals surface area contributed by atoms with Gasteiger partial charge in [0, 0.05) is 16.6 Å². The molecular formula is C17H12N2. The molecule has 0 aliphatic carbocycles. The third-order valence-corrected chi connectivity index (χ3v) is 3.30. The van der Waals surface area contributed by atoms with Gasteiger partial charge in [0.05, 0.1) is 11.6 Å². The highest BCUT2D eigenvalue weighted by atomic mass is 14.6. The van der Waals surface area contributed by atoms with Gasteiger partial charge in [-0.25, -0.2) is 0 Å². The molecule has 0 saturated carbocycles. The maximum absolute atomic E-state index is 8.82. The van der Waals surface area contributed by atoms with Crippen molar-refractivity contribution in [2.24, 2.45) is 0 Å². The van der Waals surface area contributed by atoms with Crippen LogP contribution in [0.3, 0.4) is 0 Å². The highest BCUT2D eigenvalue weighted by Gasteiger charge is 2.06. The number of rotatable bonds is 1. The van der Waals surface area contributed by atoms with Crippen molar-refractivity contribution >= 4 is 16.5 Å². The number of nitrogens with two attached hydrogens (primary N) is 1. The van der Waals surface area contributed by atoms with Crippen molar-refractivity contribution < 1.29 is 0 Å². The van der Waals surface area contributed by atoms with Gasteiger partial charge in [0.1, 0.15) is 0 Å². The fraction of sp³-hybridized carbons (Fsp3) is 0. The summed E-state index contributed by atoms with van der Waals surface area (Å²) in [6.45, 7) is 0. The first-order valence-electron chi connectivity index (χ1n) is 6.07. The number of nitriles is 1. The molecule has 0 atom stereocenters. The topological polar surface area (TPSA) is 49.8 Å². The first-order chi connectivity index (χ1) is 9.29. The number of anilines is 1. The minimum atomic E-state index is 0.656. The van der Waals surface area contributed by atoms with Gasteiger partial charge in [-0.05, 0) is 23.1 Å². The lowest BCUT2D eigenvalue weighted by Crippen LogP contribution is -1.92. The SMILES string of the molecule is N#Cc1ccc(-c2ccc3ccccc3c2N)cc1. The lowest BCUT2D eigenvalue weighted by molar-refractivity contribution is 1.48. The van der Waals surface area contributed by atoms with E-state index in [9.17, 15) is 0 Å². The predicted octanol–water partition coefficient (Wildman–Crippen LogP) is 3.96. The van der Waals surface area contributed by atoms with Crippen molar-refractivity contribution in [3.8, 4) is 17.2 Å². The van der Waals surface area contributed by atoms with E-state index in [4.69, 9.17) is 11.0 Å². The van der Waals surface area contributed by atoms with Gasteiger partial charge in [0.15, 0.2) is 0 Å². The summed E-state index contributed by atoms with van der Waals surface area (Å²) in [6.07, 6.45) is 0. The van der Waals surface area contributed by atoms with Crippen LogP contribution < -0.4 is 5.73 Å². The van der Waals surface area contributed by atoms with E-state index in [1.807, 2.05) is 54.6 Å². The standard InChI is InChI=1S/C17H12N2/c18-11-12-5-7-14(8-6-12)16-10-9-13-3-1-2-4-15(13)17(16)19/h1-10H,19H2. The molecule has 0 fully saturated rings. The average molecular weight is 244 g/mol. The van der Waals surface area contributed by atoms with E-state index in [1.165, 1.54) is 0 Å². The number of fused-ring (bicyclic) bond motifs is 1. The highest BCUT2D eigenvalue weighted by molar-refractivity contribution is 6.00. The molecule has 2 nitrogen and oxygen atoms in total. The molecule has 2 N–H and O–H groups in total. The number of benzene rings is 3. The van der Waals surface area contributed by atoms with E-state index in [1.54, 1.807) is 0 Å². The molecule has 0 heterocycles. The molecule has 3 rings (SSSR count). The molecule has 0 aliphatic heterocycles. The molecule has 0 unspecified atom stereocenters. The van der Waals surface area contributed by atoms with Crippen molar-refractivity contribution in [2.45, 2.75) is 0 Å². The Morgan fingerprint density at radius 3 is 2.32 bits per heavy atom. The summed E-state index contributed by atoms with van der Waals surface area (Å²) in [6, 6.07) is 21.8. The molecule has 3 aromatic carbocycles. The molecule has 19 heavy (non-hydrogen) atoms. The van der Waals surface area contributed by atoms with Gasteiger partial charge >= 0.3 is 0 Å². The van der Waals surface area contributed by atoms with Crippen LogP contribution in [0.4, 0.5) is 5.69 Å². The normalized spacial score (nSPS) is 10.3. The summed E-state index contributed by atoms with van der Waals surface area (Å²) in [5.41, 5.74) is 9.73. The smallest absolute Gasteiger partial charge is 0.0991 e. The van der Waals surface area contributed by atoms with E-state index < -0.39 is 0 Å². The van der Waals surface area contributed by atoms with Gasteiger partial charge in [-0.2, -0.15) is 5.26 Å². The van der Waals surface area contributed by atoms with Crippen molar-refractivity contribution in [2.75, 3.05) is 5.73 Å². The Morgan fingerprint density at radius 2 is 1.58 bits per heavy atom. The van der Waals surface area contributed by atoms with Gasteiger partial charge in [0.25, 0.3) is 0 Å². The van der Waals surface area contributed by atoms with E-state index in [0.717, 1.165) is 27.6 Å². The Labute approximate surface area is 111 Å². The average Bonchev–Trinajstić information content (AvgIpc) is 2.48. The second-order valence-corrected chi connectivity index (χ2v) is 4.44. The van der Waals surface area contributed by atoms with Gasteiger partial charge in [-0.15, -0.1) is 0 Å². The Balaban J connectivity index is 2.19. The highest BCUT2D eigenvalue weighted by Crippen LogP contribution is 2.32. The molecule has 0 bridgehead atoms. The molecule has 0 amide bonds. The lowest BCUT2D eigenvalue weighted by atomic mass is 9.98. The van der Waals surface area contributed by atoms with Crippen LogP contribution in [0.5, 0.6) is 0 Å². The monoisotopic (exact) mass is 244 g/mol. The summed E-state index contributed by atoms with van der Waals surface area (Å²) in [5.74, 6) is 0. The summed E-state index contributed by atoms with van der Waals surface area (Å²) >= 11 is 0. The van der Waals surface area contributed by atoms with Crippen LogP contribution in [-0.2, 0) is 0 Å². The van der Waals surface area contributed by atoms with Crippen molar-refractivity contribution in [3.63, 3.8) is 0 Å². The van der Waals surface area contributed by atoms with Crippen LogP contribution in [-0.4, -0.2) is 0 Å². The van der Waals surface area contributed by atoms with E-state index in [0.29, 0.717) is 5.56 Å². The van der Waals surface area contributed by atoms with E-state index >= 15 is 0 Å². The second kappa shape index (κ2) is 4.47. The van der Waals surface area contributed by atoms with Gasteiger partial charge in [0.2, 0.25) is 0 Å². The number of hydrogen-bond acceptors (Lipinski definition) is 2. The quantitative estimate of drug-likeness (QED) is 0.659. The fourth-order valence-corrected chi connectivity index (χ4v) is 2.27. The van der Waals surface area contributed by atoms with Crippen LogP contribution in [0.2, 0.25) is 0 Å². The van der Waals surface area contributed by atoms with Crippen LogP contribution >= 0.6 is 0 Å². The van der Waals surface area contributed by atoms with Crippen LogP contribution in [0.25, 0.3) is 21.9 Å². The molecule has 3 aromatic rings. The van der Waals surface area contributed by atoms with Crippen LogP contribution in [0, 0.1) is 11.3 Å². The van der Waals surface area contributed by atoms with Crippen LogP contribution in [0.15, 0.2) is 60.7 Å². The van der Waals surface area contributed by atoms with Crippen molar-refractivity contribution in [1.82, 2.24) is 0 Å². The number of hydrogen-bond donors (Lipinski definition) is 1. The minimum Gasteiger partial charge on any atom is -0.398 e. The summed E-state index contributed by atoms with van der Waals surface area (Å²) in [5, 5.41) is 11.0. The molecule has 0 aromatic heterocycles. The first kappa shape index (κ1) is 11.3. The fourth-order valence-electron chi connectivity index (χ4n) is 2.27. The summed E-state index contributed by atoms with van der Waals surface area (Å²) < 4.78 is 0. The van der Waals surface area contributed by atoms with E-state index in [-0.39, 0.29) is 0 Å². The number of nitrogens with zero attached hydrogens (tertiary/aromatic N) is 1. The summed E-state index contributed by atoms with van der Waals surface area (Å²) in [7, 11) is 0. The zero-order valence-corrected chi connectivity index (χ0v) is 10.3. The predicted molar refractivity (Wildman–Crippen MR) is 78.5 cm³/mol. The first-order valence-corrected chi connectivity index (χ1v) is 6.07. The molecule has 0 saturated heterocycles. The molecule has 0 spiro atoms. The van der Waals surface area contributed by atoms with Crippen molar-refractivity contribution in [3.05, 3.63) is 66.2 Å². The molecule has 0 aliphatic rings. The summed E-state index contributed by atoms with van der Waals surface area (Å²) in [4.78, 5) is 0. The number of nitrogen functional groups attached to an aromatic ring is 1. The maximum Gasteiger partial charge on any atom is 0.0991 e. The lowest BCUT2D eigenvalue weighted by Gasteiger charge is -2.09. The van der Waals surface area contributed by atoms with Gasteiger partial charge < -0.3 is 5.73 Å². The molecule has 2 heteroatoms. The Bertz CT molecular complexity index is 780. The zero-order valence-electron chi connectivity index (χ0n) is 10.3. The Kier molecular flexibility index (Phi) is 2.66. The zero-order chi connectivity index (χ0) is 13.2. The third kappa shape index (κ3) is 1.92. The van der Waals surface area contributed by atoms with Gasteiger partial charge in [-0.3, -0.25) is 0 Å². The molecule has 90 valence electrons. The maximum atomic E-state index is 8.82. The largest absolute Gasteiger partial charge is 0.398 e. The van der Waals surface area contributed by atoms with Crippen LogP contribution in [0.1, 0.15) is 5.56 Å². The third-order valence-electron chi connectivity index (χ3n) is 3.30. The van der Waals surface area contributed by atoms with Crippen molar-refractivity contribution in [1.29, 1.82) is 5.26 Å². The van der Waals surface area contributed by atoms with Gasteiger partial charge in [-0.1, -0.05) is 48.5 Å². The van der Waals surface area contributed by atoms with E-state index in [2.05, 4.69) is 12.1 Å². The molecule has 0 radical (unpaired) electrons. The second-order valence-electron chi connectivity index (χ2n) is 4.44. The Hall–Kier alpha value is -2.79.